The van der Waals surface area contributed by atoms with E-state index in [0.29, 0.717) is 0 Å². The summed E-state index contributed by atoms with van der Waals surface area (Å²) < 4.78 is 10.6. The molecule has 0 aliphatic carbocycles. The molecule has 0 bridgehead atoms. The van der Waals surface area contributed by atoms with E-state index < -0.39 is 23.3 Å². The molecular weight excluding hydrogens is 282 g/mol. The Balaban J connectivity index is 2.47. The first-order valence-corrected chi connectivity index (χ1v) is 6.09. The third kappa shape index (κ3) is 5.05. The van der Waals surface area contributed by atoms with Crippen molar-refractivity contribution in [1.29, 1.82) is 0 Å². The number of esters is 2. The van der Waals surface area contributed by atoms with Crippen LogP contribution >= 0.6 is 0 Å². The molecule has 1 heterocycles. The number of nitrogens with zero attached hydrogens (tertiary/aromatic N) is 3. The Morgan fingerprint density at radius 3 is 2.71 bits per heavy atom. The molecule has 0 unspecified atom stereocenters. The molecule has 1 rings (SSSR count). The van der Waals surface area contributed by atoms with Gasteiger partial charge in [0.15, 0.2) is 12.0 Å². The first-order chi connectivity index (χ1) is 9.95. The van der Waals surface area contributed by atoms with Crippen LogP contribution in [0.5, 0.6) is 0 Å². The molecule has 0 saturated carbocycles. The van der Waals surface area contributed by atoms with Crippen molar-refractivity contribution in [2.45, 2.75) is 13.3 Å². The molecule has 9 nitrogen and oxygen atoms in total. The topological polar surface area (TPSA) is 114 Å². The van der Waals surface area contributed by atoms with Crippen LogP contribution in [0.15, 0.2) is 12.4 Å². The van der Waals surface area contributed by atoms with Gasteiger partial charge in [0.25, 0.3) is 0 Å². The van der Waals surface area contributed by atoms with Gasteiger partial charge >= 0.3 is 17.8 Å². The van der Waals surface area contributed by atoms with E-state index >= 15 is 0 Å². The number of hydrogen-bond donors (Lipinski definition) is 0. The highest BCUT2D eigenvalue weighted by Crippen LogP contribution is 2.16. The van der Waals surface area contributed by atoms with Gasteiger partial charge in [0.1, 0.15) is 13.0 Å². The average molecular weight is 297 g/mol. The van der Waals surface area contributed by atoms with Crippen molar-refractivity contribution in [2.24, 2.45) is 7.05 Å². The number of aryl methyl sites for hydroxylation is 1. The maximum atomic E-state index is 11.2. The lowest BCUT2D eigenvalue weighted by molar-refractivity contribution is -0.392. The summed E-state index contributed by atoms with van der Waals surface area (Å²) in [5.41, 5.74) is 0.156. The standard InChI is InChI=1S/C12H15N3O6/c1-3-20-10(16)7-11(17)21-6-4-5-9-12(15(18)19)14(2)8-13-9/h4-5,8H,3,6-7H2,1-2H3/b5-4+. The highest BCUT2D eigenvalue weighted by atomic mass is 16.6. The molecule has 1 aromatic rings. The van der Waals surface area contributed by atoms with Gasteiger partial charge in [0.05, 0.1) is 13.7 Å². The quantitative estimate of drug-likeness (QED) is 0.317. The third-order valence-corrected chi connectivity index (χ3v) is 2.32. The zero-order chi connectivity index (χ0) is 15.8. The van der Waals surface area contributed by atoms with Crippen LogP contribution in [-0.4, -0.2) is 39.6 Å². The fourth-order valence-electron chi connectivity index (χ4n) is 1.46. The Bertz CT molecular complexity index is 563. The van der Waals surface area contributed by atoms with Crippen LogP contribution in [0.2, 0.25) is 0 Å². The van der Waals surface area contributed by atoms with Crippen molar-refractivity contribution in [3.05, 3.63) is 28.2 Å². The van der Waals surface area contributed by atoms with Gasteiger partial charge in [-0.15, -0.1) is 0 Å². The van der Waals surface area contributed by atoms with Gasteiger partial charge in [0, 0.05) is 0 Å². The molecule has 0 amide bonds. The first kappa shape index (κ1) is 16.3. The molecule has 0 saturated heterocycles. The zero-order valence-electron chi connectivity index (χ0n) is 11.6. The summed E-state index contributed by atoms with van der Waals surface area (Å²) in [5, 5.41) is 10.8. The summed E-state index contributed by atoms with van der Waals surface area (Å²) in [6.45, 7) is 1.70. The smallest absolute Gasteiger partial charge is 0.349 e. The second-order valence-electron chi connectivity index (χ2n) is 3.89. The first-order valence-electron chi connectivity index (χ1n) is 6.09. The molecule has 0 aliphatic heterocycles. The summed E-state index contributed by atoms with van der Waals surface area (Å²) in [7, 11) is 1.50. The molecule has 0 aliphatic rings. The maximum absolute atomic E-state index is 11.2. The molecule has 0 spiro atoms. The van der Waals surface area contributed by atoms with Crippen LogP contribution < -0.4 is 0 Å². The van der Waals surface area contributed by atoms with Crippen molar-refractivity contribution in [3.63, 3.8) is 0 Å². The highest BCUT2D eigenvalue weighted by molar-refractivity contribution is 5.91. The molecule has 0 radical (unpaired) electrons. The van der Waals surface area contributed by atoms with Crippen molar-refractivity contribution >= 4 is 23.8 Å². The number of ether oxygens (including phenoxy) is 2. The minimum atomic E-state index is -0.728. The summed E-state index contributed by atoms with van der Waals surface area (Å²) >= 11 is 0. The molecule has 114 valence electrons. The molecule has 1 aromatic heterocycles. The van der Waals surface area contributed by atoms with Gasteiger partial charge in [-0.05, 0) is 24.0 Å². The summed E-state index contributed by atoms with van der Waals surface area (Å²) in [4.78, 5) is 36.3. The number of carbonyl (C=O) groups is 2. The van der Waals surface area contributed by atoms with E-state index in [-0.39, 0.29) is 24.7 Å². The van der Waals surface area contributed by atoms with Gasteiger partial charge in [-0.3, -0.25) is 9.59 Å². The van der Waals surface area contributed by atoms with E-state index in [1.54, 1.807) is 6.92 Å². The average Bonchev–Trinajstić information content (AvgIpc) is 2.76. The Morgan fingerprint density at radius 1 is 1.43 bits per heavy atom. The lowest BCUT2D eigenvalue weighted by atomic mass is 10.4. The minimum Gasteiger partial charge on any atom is -0.466 e. The Kier molecular flexibility index (Phi) is 6.05. The minimum absolute atomic E-state index is 0.119. The molecule has 9 heteroatoms. The van der Waals surface area contributed by atoms with E-state index in [0.717, 1.165) is 0 Å². The highest BCUT2D eigenvalue weighted by Gasteiger charge is 2.16. The van der Waals surface area contributed by atoms with E-state index in [1.807, 2.05) is 0 Å². The van der Waals surface area contributed by atoms with Gasteiger partial charge < -0.3 is 19.6 Å². The monoisotopic (exact) mass is 297 g/mol. The predicted molar refractivity (Wildman–Crippen MR) is 71.1 cm³/mol. The van der Waals surface area contributed by atoms with Gasteiger partial charge in [-0.1, -0.05) is 0 Å². The molecule has 0 fully saturated rings. The van der Waals surface area contributed by atoms with Gasteiger partial charge in [-0.25, -0.2) is 9.55 Å². The van der Waals surface area contributed by atoms with Crippen molar-refractivity contribution < 1.29 is 24.0 Å². The van der Waals surface area contributed by atoms with Crippen LogP contribution in [0.25, 0.3) is 6.08 Å². The molecule has 0 aromatic carbocycles. The number of imidazole rings is 1. The number of rotatable bonds is 7. The van der Waals surface area contributed by atoms with Gasteiger partial charge in [-0.2, -0.15) is 0 Å². The molecule has 0 atom stereocenters. The fourth-order valence-corrected chi connectivity index (χ4v) is 1.46. The fraction of sp³-hybridized carbons (Fsp3) is 0.417. The van der Waals surface area contributed by atoms with Crippen molar-refractivity contribution in [2.75, 3.05) is 13.2 Å². The summed E-state index contributed by atoms with van der Waals surface area (Å²) in [6.07, 6.45) is 3.62. The van der Waals surface area contributed by atoms with Crippen molar-refractivity contribution in [3.8, 4) is 0 Å². The van der Waals surface area contributed by atoms with E-state index in [1.165, 1.54) is 30.1 Å². The van der Waals surface area contributed by atoms with E-state index in [2.05, 4.69) is 9.72 Å². The SMILES string of the molecule is CCOC(=O)CC(=O)OC/C=C/c1ncn(C)c1[N+](=O)[O-]. The van der Waals surface area contributed by atoms with Crippen LogP contribution in [0.1, 0.15) is 19.0 Å². The van der Waals surface area contributed by atoms with Crippen molar-refractivity contribution in [1.82, 2.24) is 9.55 Å². The second-order valence-corrected chi connectivity index (χ2v) is 3.89. The molecule has 0 N–H and O–H groups in total. The van der Waals surface area contributed by atoms with E-state index in [9.17, 15) is 19.7 Å². The summed E-state index contributed by atoms with van der Waals surface area (Å²) in [6, 6.07) is 0. The number of nitro groups is 1. The summed E-state index contributed by atoms with van der Waals surface area (Å²) in [5.74, 6) is -1.55. The van der Waals surface area contributed by atoms with Gasteiger partial charge in [0.2, 0.25) is 0 Å². The normalized spacial score (nSPS) is 10.6. The van der Waals surface area contributed by atoms with Crippen LogP contribution in [0.3, 0.4) is 0 Å². The predicted octanol–water partition coefficient (Wildman–Crippen LogP) is 0.838. The van der Waals surface area contributed by atoms with Crippen LogP contribution in [0, 0.1) is 10.1 Å². The number of aromatic nitrogens is 2. The lowest BCUT2D eigenvalue weighted by Crippen LogP contribution is -2.13. The van der Waals surface area contributed by atoms with Crippen LogP contribution in [-0.2, 0) is 26.1 Å². The third-order valence-electron chi connectivity index (χ3n) is 2.32. The second kappa shape index (κ2) is 7.78. The number of carbonyl (C=O) groups excluding carboxylic acids is 2. The molecular formula is C12H15N3O6. The van der Waals surface area contributed by atoms with E-state index in [4.69, 9.17) is 4.74 Å². The largest absolute Gasteiger partial charge is 0.466 e. The molecule has 21 heavy (non-hydrogen) atoms. The number of hydrogen-bond acceptors (Lipinski definition) is 7. The zero-order valence-corrected chi connectivity index (χ0v) is 11.6. The Hall–Kier alpha value is -2.71. The lowest BCUT2D eigenvalue weighted by Gasteiger charge is -2.01. The Labute approximate surface area is 120 Å². The maximum Gasteiger partial charge on any atom is 0.349 e. The van der Waals surface area contributed by atoms with Crippen LogP contribution in [0.4, 0.5) is 5.82 Å². The Morgan fingerprint density at radius 2 is 2.10 bits per heavy atom.